The van der Waals surface area contributed by atoms with Gasteiger partial charge >= 0.3 is 11.9 Å². The molecule has 0 aromatic heterocycles. The molecule has 0 bridgehead atoms. The van der Waals surface area contributed by atoms with Gasteiger partial charge in [0.2, 0.25) is 0 Å². The molecule has 6 heteroatoms. The highest BCUT2D eigenvalue weighted by molar-refractivity contribution is 5.80. The van der Waals surface area contributed by atoms with Crippen LogP contribution in [0.25, 0.3) is 0 Å². The van der Waals surface area contributed by atoms with E-state index in [9.17, 15) is 14.4 Å². The van der Waals surface area contributed by atoms with Gasteiger partial charge in [0.05, 0.1) is 12.0 Å². The van der Waals surface area contributed by atoms with Crippen molar-refractivity contribution in [2.75, 3.05) is 13.2 Å². The van der Waals surface area contributed by atoms with E-state index >= 15 is 0 Å². The topological polar surface area (TPSA) is 78.9 Å². The first-order chi connectivity index (χ1) is 21.1. The quantitative estimate of drug-likeness (QED) is 0.0801. The molecule has 1 aromatic carbocycles. The van der Waals surface area contributed by atoms with Gasteiger partial charge in [-0.3, -0.25) is 14.4 Å². The molecule has 0 N–H and O–H groups in total. The highest BCUT2D eigenvalue weighted by Crippen LogP contribution is 2.26. The zero-order chi connectivity index (χ0) is 33.1. The molecule has 0 aliphatic rings. The fourth-order valence-electron chi connectivity index (χ4n) is 4.51. The van der Waals surface area contributed by atoms with Gasteiger partial charge in [-0.05, 0) is 51.5 Å². The Labute approximate surface area is 270 Å². The smallest absolute Gasteiger partial charge is 0.311 e. The maximum atomic E-state index is 12.7. The molecule has 0 saturated heterocycles. The van der Waals surface area contributed by atoms with Crippen molar-refractivity contribution in [1.82, 2.24) is 0 Å². The molecule has 254 valence electrons. The first-order valence-electron chi connectivity index (χ1n) is 17.6. The number of rotatable bonds is 25. The number of hydrogen-bond acceptors (Lipinski definition) is 6. The molecule has 0 radical (unpaired) electrons. The van der Waals surface area contributed by atoms with Crippen LogP contribution < -0.4 is 0 Å². The molecule has 1 atom stereocenters. The summed E-state index contributed by atoms with van der Waals surface area (Å²) in [5.41, 5.74) is 0.593. The van der Waals surface area contributed by atoms with Crippen molar-refractivity contribution in [3.05, 3.63) is 35.9 Å². The summed E-state index contributed by atoms with van der Waals surface area (Å²) < 4.78 is 16.7. The molecule has 1 aromatic rings. The maximum Gasteiger partial charge on any atom is 0.311 e. The monoisotopic (exact) mass is 618 g/mol. The Morgan fingerprint density at radius 1 is 0.750 bits per heavy atom. The number of benzene rings is 1. The molecular formula is C38H66O6. The van der Waals surface area contributed by atoms with Gasteiger partial charge in [-0.1, -0.05) is 123 Å². The van der Waals surface area contributed by atoms with Crippen LogP contribution in [0.3, 0.4) is 0 Å². The third-order valence-electron chi connectivity index (χ3n) is 7.82. The lowest BCUT2D eigenvalue weighted by Crippen LogP contribution is -2.33. The van der Waals surface area contributed by atoms with Crippen LogP contribution in [0.5, 0.6) is 0 Å². The molecule has 1 rings (SSSR count). The fourth-order valence-corrected chi connectivity index (χ4v) is 4.51. The van der Waals surface area contributed by atoms with Crippen molar-refractivity contribution in [3.8, 4) is 0 Å². The highest BCUT2D eigenvalue weighted by atomic mass is 16.6. The molecule has 44 heavy (non-hydrogen) atoms. The number of ketones is 1. The van der Waals surface area contributed by atoms with Crippen molar-refractivity contribution >= 4 is 17.7 Å². The Morgan fingerprint density at radius 3 is 1.91 bits per heavy atom. The van der Waals surface area contributed by atoms with E-state index in [1.54, 1.807) is 0 Å². The third-order valence-corrected chi connectivity index (χ3v) is 7.82. The first kappa shape index (κ1) is 41.8. The lowest BCUT2D eigenvalue weighted by atomic mass is 9.87. The second-order valence-electron chi connectivity index (χ2n) is 12.9. The summed E-state index contributed by atoms with van der Waals surface area (Å²) in [7, 11) is 0. The Morgan fingerprint density at radius 2 is 1.34 bits per heavy atom. The van der Waals surface area contributed by atoms with Crippen LogP contribution in [0.4, 0.5) is 0 Å². The van der Waals surface area contributed by atoms with Crippen molar-refractivity contribution in [2.24, 2.45) is 11.3 Å². The number of unbranched alkanes of at least 4 members (excludes halogenated alkanes) is 9. The Balaban J connectivity index is 0.00000129. The highest BCUT2D eigenvalue weighted by Gasteiger charge is 2.31. The van der Waals surface area contributed by atoms with E-state index in [4.69, 9.17) is 14.2 Å². The number of ether oxygens (including phenoxy) is 3. The van der Waals surface area contributed by atoms with E-state index < -0.39 is 5.41 Å². The number of hydrogen-bond donors (Lipinski definition) is 0. The average molecular weight is 619 g/mol. The van der Waals surface area contributed by atoms with Crippen molar-refractivity contribution in [3.63, 3.8) is 0 Å². The minimum Gasteiger partial charge on any atom is -0.462 e. The summed E-state index contributed by atoms with van der Waals surface area (Å²) in [5.74, 6) is 0.221. The van der Waals surface area contributed by atoms with E-state index in [2.05, 4.69) is 13.8 Å². The van der Waals surface area contributed by atoms with Crippen LogP contribution in [0, 0.1) is 11.3 Å². The van der Waals surface area contributed by atoms with Gasteiger partial charge in [0, 0.05) is 25.4 Å². The SMILES string of the molecule is CCCCCCCC(=O)C(C)C.CCCCCCCC(=O)OCC(CC)OC(=O)C(C)(C)CCCCOCc1ccccc1. The van der Waals surface area contributed by atoms with Crippen LogP contribution in [-0.2, 0) is 35.2 Å². The van der Waals surface area contributed by atoms with E-state index in [0.717, 1.165) is 51.4 Å². The molecule has 0 heterocycles. The van der Waals surface area contributed by atoms with E-state index in [1.807, 2.05) is 65.0 Å². The molecule has 1 unspecified atom stereocenters. The third kappa shape index (κ3) is 23.2. The fraction of sp³-hybridized carbons (Fsp3) is 0.763. The molecule has 0 spiro atoms. The van der Waals surface area contributed by atoms with Crippen molar-refractivity contribution in [1.29, 1.82) is 0 Å². The first-order valence-corrected chi connectivity index (χ1v) is 17.6. The van der Waals surface area contributed by atoms with E-state index in [0.29, 0.717) is 31.8 Å². The lowest BCUT2D eigenvalue weighted by molar-refractivity contribution is -0.167. The van der Waals surface area contributed by atoms with Crippen LogP contribution in [-0.4, -0.2) is 37.0 Å². The second-order valence-corrected chi connectivity index (χ2v) is 12.9. The van der Waals surface area contributed by atoms with Gasteiger partial charge in [-0.25, -0.2) is 0 Å². The normalized spacial score (nSPS) is 11.9. The molecule has 0 aliphatic carbocycles. The summed E-state index contributed by atoms with van der Waals surface area (Å²) in [4.78, 5) is 35.8. The molecule has 0 fully saturated rings. The summed E-state index contributed by atoms with van der Waals surface area (Å²) >= 11 is 0. The number of carbonyl (C=O) groups is 3. The minimum absolute atomic E-state index is 0.138. The van der Waals surface area contributed by atoms with Crippen LogP contribution in [0.2, 0.25) is 0 Å². The molecular weight excluding hydrogens is 552 g/mol. The van der Waals surface area contributed by atoms with E-state index in [1.165, 1.54) is 44.1 Å². The minimum atomic E-state index is -0.573. The zero-order valence-corrected chi connectivity index (χ0v) is 29.4. The van der Waals surface area contributed by atoms with Gasteiger partial charge in [-0.2, -0.15) is 0 Å². The molecule has 0 amide bonds. The molecule has 0 aliphatic heterocycles. The van der Waals surface area contributed by atoms with Gasteiger partial charge in [0.15, 0.2) is 0 Å². The van der Waals surface area contributed by atoms with Gasteiger partial charge in [0.25, 0.3) is 0 Å². The number of carbonyl (C=O) groups excluding carboxylic acids is 3. The standard InChI is InChI=1S/C27H44O5.C11H22O/c1-5-7-8-9-13-18-25(28)31-22-24(6-2)32-26(29)27(3,4)19-14-15-20-30-21-23-16-11-10-12-17-23;1-4-5-6-7-8-9-11(12)10(2)3/h10-12,16-17,24H,5-9,13-15,18-22H2,1-4H3;10H,4-9H2,1-3H3. The predicted octanol–water partition coefficient (Wildman–Crippen LogP) is 10.2. The van der Waals surface area contributed by atoms with Crippen LogP contribution >= 0.6 is 0 Å². The summed E-state index contributed by atoms with van der Waals surface area (Å²) in [6.45, 7) is 15.5. The van der Waals surface area contributed by atoms with Crippen LogP contribution in [0.1, 0.15) is 157 Å². The molecule has 6 nitrogen and oxygen atoms in total. The number of esters is 2. The Hall–Kier alpha value is -2.21. The summed E-state index contributed by atoms with van der Waals surface area (Å²) in [6.07, 6.45) is 15.7. The van der Waals surface area contributed by atoms with E-state index in [-0.39, 0.29) is 30.6 Å². The lowest BCUT2D eigenvalue weighted by Gasteiger charge is -2.26. The predicted molar refractivity (Wildman–Crippen MR) is 181 cm³/mol. The largest absolute Gasteiger partial charge is 0.462 e. The number of Topliss-reactive ketones (excluding diaryl/α,β-unsaturated/α-hetero) is 1. The van der Waals surface area contributed by atoms with Gasteiger partial charge < -0.3 is 14.2 Å². The summed E-state index contributed by atoms with van der Waals surface area (Å²) in [5, 5.41) is 0. The average Bonchev–Trinajstić information content (AvgIpc) is 3.01. The van der Waals surface area contributed by atoms with Gasteiger partial charge in [-0.15, -0.1) is 0 Å². The Bertz CT molecular complexity index is 848. The second kappa shape index (κ2) is 27.1. The Kier molecular flexibility index (Phi) is 25.8. The van der Waals surface area contributed by atoms with Gasteiger partial charge in [0.1, 0.15) is 18.5 Å². The maximum absolute atomic E-state index is 12.7. The van der Waals surface area contributed by atoms with Crippen LogP contribution in [0.15, 0.2) is 30.3 Å². The summed E-state index contributed by atoms with van der Waals surface area (Å²) in [6, 6.07) is 10.1. The van der Waals surface area contributed by atoms with Crippen molar-refractivity contribution < 1.29 is 28.6 Å². The van der Waals surface area contributed by atoms with Crippen molar-refractivity contribution in [2.45, 2.75) is 164 Å². The molecule has 0 saturated carbocycles. The zero-order valence-electron chi connectivity index (χ0n) is 29.4.